The van der Waals surface area contributed by atoms with E-state index in [9.17, 15) is 9.90 Å². The van der Waals surface area contributed by atoms with Crippen molar-refractivity contribution in [2.75, 3.05) is 7.11 Å². The van der Waals surface area contributed by atoms with E-state index >= 15 is 0 Å². The molecule has 0 aliphatic carbocycles. The summed E-state index contributed by atoms with van der Waals surface area (Å²) < 4.78 is 6.76. The van der Waals surface area contributed by atoms with E-state index in [2.05, 4.69) is 25.7 Å². The van der Waals surface area contributed by atoms with Gasteiger partial charge in [0.25, 0.3) is 0 Å². The predicted molar refractivity (Wildman–Crippen MR) is 83.4 cm³/mol. The first-order chi connectivity index (χ1) is 11.7. The zero-order valence-corrected chi connectivity index (χ0v) is 12.7. The smallest absolute Gasteiger partial charge is 0.244 e. The number of allylic oxidation sites excluding steroid dienone is 1. The molecule has 0 radical (unpaired) electrons. The van der Waals surface area contributed by atoms with Crippen molar-refractivity contribution < 1.29 is 14.6 Å². The molecular formula is C15H14N6O3. The minimum absolute atomic E-state index is 0.126. The molecule has 0 spiro atoms. The second-order valence-corrected chi connectivity index (χ2v) is 4.88. The summed E-state index contributed by atoms with van der Waals surface area (Å²) in [5.74, 6) is -0.177. The number of aromatic amines is 1. The minimum atomic E-state index is -0.564. The van der Waals surface area contributed by atoms with Gasteiger partial charge in [0.05, 0.1) is 13.7 Å². The second-order valence-electron chi connectivity index (χ2n) is 4.88. The molecular weight excluding hydrogens is 312 g/mol. The highest BCUT2D eigenvalue weighted by atomic mass is 16.5. The number of ether oxygens (including phenoxy) is 1. The van der Waals surface area contributed by atoms with Crippen LogP contribution in [0.15, 0.2) is 42.6 Å². The number of ketones is 1. The molecule has 0 unspecified atom stereocenters. The number of aliphatic hydroxyl groups is 1. The van der Waals surface area contributed by atoms with Crippen LogP contribution in [0.3, 0.4) is 0 Å². The number of tetrazole rings is 1. The number of aromatic nitrogens is 6. The van der Waals surface area contributed by atoms with Crippen molar-refractivity contribution in [1.29, 1.82) is 0 Å². The summed E-state index contributed by atoms with van der Waals surface area (Å²) >= 11 is 0. The Labute approximate surface area is 136 Å². The lowest BCUT2D eigenvalue weighted by atomic mass is 10.2. The van der Waals surface area contributed by atoms with Gasteiger partial charge in [-0.25, -0.2) is 0 Å². The molecule has 0 fully saturated rings. The number of hydrogen-bond donors (Lipinski definition) is 2. The molecule has 3 rings (SSSR count). The van der Waals surface area contributed by atoms with Crippen LogP contribution < -0.4 is 4.74 Å². The zero-order valence-electron chi connectivity index (χ0n) is 12.7. The summed E-state index contributed by atoms with van der Waals surface area (Å²) in [4.78, 5) is 11.8. The molecule has 2 heterocycles. The molecule has 0 aliphatic heterocycles. The van der Waals surface area contributed by atoms with Gasteiger partial charge >= 0.3 is 0 Å². The van der Waals surface area contributed by atoms with Gasteiger partial charge in [-0.2, -0.15) is 10.3 Å². The van der Waals surface area contributed by atoms with Gasteiger partial charge in [-0.1, -0.05) is 12.1 Å². The van der Waals surface area contributed by atoms with Crippen molar-refractivity contribution in [2.24, 2.45) is 0 Å². The van der Waals surface area contributed by atoms with E-state index in [4.69, 9.17) is 4.74 Å². The molecule has 122 valence electrons. The van der Waals surface area contributed by atoms with Crippen LogP contribution in [0.25, 0.3) is 5.76 Å². The van der Waals surface area contributed by atoms with E-state index in [0.717, 1.165) is 17.4 Å². The van der Waals surface area contributed by atoms with Crippen molar-refractivity contribution in [1.82, 2.24) is 30.4 Å². The number of carbonyl (C=O) groups excluding carboxylic acids is 1. The van der Waals surface area contributed by atoms with Crippen LogP contribution in [0.5, 0.6) is 5.75 Å². The molecule has 0 saturated heterocycles. The van der Waals surface area contributed by atoms with Crippen molar-refractivity contribution in [3.8, 4) is 5.75 Å². The lowest BCUT2D eigenvalue weighted by Gasteiger charge is -2.04. The summed E-state index contributed by atoms with van der Waals surface area (Å²) in [6, 6.07) is 9.19. The van der Waals surface area contributed by atoms with Crippen molar-refractivity contribution in [3.05, 3.63) is 59.7 Å². The van der Waals surface area contributed by atoms with Gasteiger partial charge in [0.15, 0.2) is 0 Å². The maximum Gasteiger partial charge on any atom is 0.244 e. The second kappa shape index (κ2) is 6.73. The average Bonchev–Trinajstić information content (AvgIpc) is 3.27. The fourth-order valence-corrected chi connectivity index (χ4v) is 2.03. The van der Waals surface area contributed by atoms with Crippen LogP contribution in [0.1, 0.15) is 21.9 Å². The normalized spacial score (nSPS) is 11.5. The molecule has 0 amide bonds. The topological polar surface area (TPSA) is 119 Å². The van der Waals surface area contributed by atoms with E-state index in [-0.39, 0.29) is 17.3 Å². The summed E-state index contributed by atoms with van der Waals surface area (Å²) in [5, 5.41) is 26.8. The molecule has 1 aromatic carbocycles. The quantitative estimate of drug-likeness (QED) is 0.397. The Hall–Kier alpha value is -3.49. The Bertz CT molecular complexity index is 852. The summed E-state index contributed by atoms with van der Waals surface area (Å²) in [6.45, 7) is 0.524. The molecule has 3 aromatic rings. The van der Waals surface area contributed by atoms with Crippen molar-refractivity contribution in [2.45, 2.75) is 6.54 Å². The third-order valence-electron chi connectivity index (χ3n) is 3.24. The number of benzene rings is 1. The standard InChI is InChI=1S/C15H14N6O3/c1-24-11-4-2-10(3-5-11)9-21-7-6-12(18-21)13(22)8-14(23)15-16-19-20-17-15/h2-8,22H,9H2,1H3,(H,16,17,19,20). The number of aliphatic hydroxyl groups excluding tert-OH is 1. The average molecular weight is 326 g/mol. The van der Waals surface area contributed by atoms with E-state index < -0.39 is 5.78 Å². The fourth-order valence-electron chi connectivity index (χ4n) is 2.03. The van der Waals surface area contributed by atoms with Crippen LogP contribution in [-0.4, -0.2) is 48.4 Å². The molecule has 0 bridgehead atoms. The molecule has 9 nitrogen and oxygen atoms in total. The number of carbonyl (C=O) groups is 1. The van der Waals surface area contributed by atoms with Crippen molar-refractivity contribution in [3.63, 3.8) is 0 Å². The highest BCUT2D eigenvalue weighted by molar-refractivity contribution is 6.04. The van der Waals surface area contributed by atoms with E-state index in [1.165, 1.54) is 0 Å². The van der Waals surface area contributed by atoms with E-state index in [1.807, 2.05) is 24.3 Å². The fraction of sp³-hybridized carbons (Fsp3) is 0.133. The number of hydrogen-bond acceptors (Lipinski definition) is 7. The summed E-state index contributed by atoms with van der Waals surface area (Å²) in [7, 11) is 1.61. The Balaban J connectivity index is 1.71. The van der Waals surface area contributed by atoms with Gasteiger partial charge in [0.2, 0.25) is 11.6 Å². The van der Waals surface area contributed by atoms with Gasteiger partial charge in [-0.3, -0.25) is 9.48 Å². The monoisotopic (exact) mass is 326 g/mol. The minimum Gasteiger partial charge on any atom is -0.505 e. The first kappa shape index (κ1) is 15.4. The summed E-state index contributed by atoms with van der Waals surface area (Å²) in [5.41, 5.74) is 1.30. The molecule has 0 saturated carbocycles. The lowest BCUT2D eigenvalue weighted by Crippen LogP contribution is -2.02. The van der Waals surface area contributed by atoms with E-state index in [1.54, 1.807) is 24.1 Å². The third-order valence-corrected chi connectivity index (χ3v) is 3.24. The maximum atomic E-state index is 11.8. The van der Waals surface area contributed by atoms with Crippen LogP contribution in [0.4, 0.5) is 0 Å². The highest BCUT2D eigenvalue weighted by Crippen LogP contribution is 2.14. The molecule has 2 aromatic heterocycles. The Kier molecular flexibility index (Phi) is 4.32. The predicted octanol–water partition coefficient (Wildman–Crippen LogP) is 1.23. The molecule has 2 N–H and O–H groups in total. The maximum absolute atomic E-state index is 11.8. The van der Waals surface area contributed by atoms with Gasteiger partial charge in [0, 0.05) is 12.3 Å². The first-order valence-electron chi connectivity index (χ1n) is 7.01. The Morgan fingerprint density at radius 3 is 2.79 bits per heavy atom. The number of rotatable bonds is 6. The third kappa shape index (κ3) is 3.46. The van der Waals surface area contributed by atoms with Crippen LogP contribution in [0, 0.1) is 0 Å². The molecule has 0 atom stereocenters. The molecule has 24 heavy (non-hydrogen) atoms. The number of nitrogens with one attached hydrogen (secondary N) is 1. The van der Waals surface area contributed by atoms with Crippen molar-refractivity contribution >= 4 is 11.5 Å². The SMILES string of the molecule is COc1ccc(Cn2ccc(C(O)=CC(=O)c3nn[nH]n3)n2)cc1. The number of H-pyrrole nitrogens is 1. The number of nitrogens with zero attached hydrogens (tertiary/aromatic N) is 5. The van der Waals surface area contributed by atoms with Gasteiger partial charge in [-0.05, 0) is 29.0 Å². The van der Waals surface area contributed by atoms with Crippen LogP contribution in [-0.2, 0) is 6.54 Å². The zero-order chi connectivity index (χ0) is 16.9. The van der Waals surface area contributed by atoms with Gasteiger partial charge in [-0.15, -0.1) is 10.2 Å². The Morgan fingerprint density at radius 2 is 2.12 bits per heavy atom. The van der Waals surface area contributed by atoms with Gasteiger partial charge in [0.1, 0.15) is 17.2 Å². The molecule has 9 heteroatoms. The number of methoxy groups -OCH3 is 1. The summed E-state index contributed by atoms with van der Waals surface area (Å²) in [6.07, 6.45) is 2.72. The highest BCUT2D eigenvalue weighted by Gasteiger charge is 2.12. The van der Waals surface area contributed by atoms with Gasteiger partial charge < -0.3 is 9.84 Å². The first-order valence-corrected chi connectivity index (χ1v) is 7.01. The Morgan fingerprint density at radius 1 is 1.33 bits per heavy atom. The molecule has 0 aliphatic rings. The van der Waals surface area contributed by atoms with E-state index in [0.29, 0.717) is 6.54 Å². The van der Waals surface area contributed by atoms with Crippen LogP contribution in [0.2, 0.25) is 0 Å². The lowest BCUT2D eigenvalue weighted by molar-refractivity contribution is 0.103. The largest absolute Gasteiger partial charge is 0.505 e. The van der Waals surface area contributed by atoms with Crippen LogP contribution >= 0.6 is 0 Å².